The molecule has 5 nitrogen and oxygen atoms in total. The highest BCUT2D eigenvalue weighted by molar-refractivity contribution is 5.94. The Balaban J connectivity index is 1.94. The molecule has 0 aliphatic heterocycles. The van der Waals surface area contributed by atoms with Crippen molar-refractivity contribution in [1.29, 1.82) is 0 Å². The fraction of sp³-hybridized carbons (Fsp3) is 0.211. The van der Waals surface area contributed by atoms with E-state index >= 15 is 0 Å². The Bertz CT molecular complexity index is 849. The molecule has 0 fully saturated rings. The minimum absolute atomic E-state index is 0.0549. The highest BCUT2D eigenvalue weighted by atomic mass is 16.5. The molecule has 0 amide bonds. The fourth-order valence-electron chi connectivity index (χ4n) is 2.36. The fourth-order valence-corrected chi connectivity index (χ4v) is 2.36. The van der Waals surface area contributed by atoms with E-state index in [4.69, 9.17) is 19.0 Å². The first kappa shape index (κ1) is 15.9. The summed E-state index contributed by atoms with van der Waals surface area (Å²) in [6.07, 6.45) is -0.0549. The molecular formula is C19H18O5. The lowest BCUT2D eigenvalue weighted by molar-refractivity contribution is 0.0665. The molecule has 0 aliphatic carbocycles. The Labute approximate surface area is 139 Å². The first-order valence-electron chi connectivity index (χ1n) is 7.67. The Kier molecular flexibility index (Phi) is 4.42. The van der Waals surface area contributed by atoms with E-state index < -0.39 is 5.97 Å². The molecule has 1 N–H and O–H groups in total. The average molecular weight is 326 g/mol. The lowest BCUT2D eigenvalue weighted by atomic mass is 10.2. The minimum atomic E-state index is -1.12. The number of hydrogen-bond acceptors (Lipinski definition) is 4. The number of carboxylic acid groups (broad SMARTS) is 1. The van der Waals surface area contributed by atoms with E-state index in [-0.39, 0.29) is 11.9 Å². The molecule has 3 rings (SSSR count). The quantitative estimate of drug-likeness (QED) is 0.722. The van der Waals surface area contributed by atoms with Crippen LogP contribution in [0.2, 0.25) is 0 Å². The summed E-state index contributed by atoms with van der Waals surface area (Å²) < 4.78 is 17.0. The van der Waals surface area contributed by atoms with E-state index in [0.29, 0.717) is 29.1 Å². The van der Waals surface area contributed by atoms with Crippen molar-refractivity contribution in [3.63, 3.8) is 0 Å². The third kappa shape index (κ3) is 3.51. The first-order valence-corrected chi connectivity index (χ1v) is 7.67. The number of carboxylic acids is 1. The van der Waals surface area contributed by atoms with Gasteiger partial charge in [0.15, 0.2) is 0 Å². The van der Waals surface area contributed by atoms with Crippen LogP contribution in [0.25, 0.3) is 11.0 Å². The number of furan rings is 1. The standard InChI is InChI=1S/C19H18O5/c1-12(2)23-16-8-14(22-11-13-6-4-3-5-7-13)9-17-15(16)10-18(24-17)19(20)21/h3-10,12H,11H2,1-2H3,(H,20,21). The van der Waals surface area contributed by atoms with Gasteiger partial charge in [-0.3, -0.25) is 0 Å². The highest BCUT2D eigenvalue weighted by Crippen LogP contribution is 2.34. The molecule has 1 heterocycles. The number of benzene rings is 2. The molecule has 0 radical (unpaired) electrons. The van der Waals surface area contributed by atoms with Crippen molar-refractivity contribution in [2.24, 2.45) is 0 Å². The van der Waals surface area contributed by atoms with Crippen LogP contribution < -0.4 is 9.47 Å². The Morgan fingerprint density at radius 1 is 1.17 bits per heavy atom. The average Bonchev–Trinajstić information content (AvgIpc) is 2.98. The summed E-state index contributed by atoms with van der Waals surface area (Å²) in [6.45, 7) is 4.21. The zero-order valence-electron chi connectivity index (χ0n) is 13.5. The lowest BCUT2D eigenvalue weighted by Crippen LogP contribution is -2.06. The molecule has 0 spiro atoms. The van der Waals surface area contributed by atoms with Gasteiger partial charge in [0.2, 0.25) is 5.76 Å². The van der Waals surface area contributed by atoms with Crippen LogP contribution in [0.5, 0.6) is 11.5 Å². The van der Waals surface area contributed by atoms with E-state index in [1.165, 1.54) is 6.07 Å². The molecule has 0 atom stereocenters. The van der Waals surface area contributed by atoms with E-state index in [9.17, 15) is 4.79 Å². The molecule has 3 aromatic rings. The zero-order valence-corrected chi connectivity index (χ0v) is 13.5. The minimum Gasteiger partial charge on any atom is -0.490 e. The lowest BCUT2D eigenvalue weighted by Gasteiger charge is -2.13. The van der Waals surface area contributed by atoms with Gasteiger partial charge in [0.25, 0.3) is 0 Å². The number of carbonyl (C=O) groups is 1. The molecule has 0 saturated heterocycles. The topological polar surface area (TPSA) is 68.9 Å². The predicted octanol–water partition coefficient (Wildman–Crippen LogP) is 4.50. The van der Waals surface area contributed by atoms with Crippen molar-refractivity contribution >= 4 is 16.9 Å². The maximum absolute atomic E-state index is 11.1. The summed E-state index contributed by atoms with van der Waals surface area (Å²) in [5.41, 5.74) is 1.46. The van der Waals surface area contributed by atoms with E-state index in [1.807, 2.05) is 44.2 Å². The molecule has 24 heavy (non-hydrogen) atoms. The van der Waals surface area contributed by atoms with E-state index in [1.54, 1.807) is 12.1 Å². The van der Waals surface area contributed by atoms with Gasteiger partial charge in [-0.15, -0.1) is 0 Å². The largest absolute Gasteiger partial charge is 0.490 e. The van der Waals surface area contributed by atoms with Crippen molar-refractivity contribution in [3.05, 3.63) is 59.9 Å². The van der Waals surface area contributed by atoms with Gasteiger partial charge >= 0.3 is 5.97 Å². The number of ether oxygens (including phenoxy) is 2. The smallest absolute Gasteiger partial charge is 0.371 e. The van der Waals surface area contributed by atoms with Crippen LogP contribution in [-0.4, -0.2) is 17.2 Å². The van der Waals surface area contributed by atoms with Crippen molar-refractivity contribution in [2.45, 2.75) is 26.6 Å². The van der Waals surface area contributed by atoms with Crippen LogP contribution in [-0.2, 0) is 6.61 Å². The monoisotopic (exact) mass is 326 g/mol. The van der Waals surface area contributed by atoms with Gasteiger partial charge < -0.3 is 19.0 Å². The normalized spacial score (nSPS) is 11.0. The summed E-state index contributed by atoms with van der Waals surface area (Å²) in [6, 6.07) is 14.7. The van der Waals surface area contributed by atoms with Gasteiger partial charge in [-0.05, 0) is 19.4 Å². The second-order valence-electron chi connectivity index (χ2n) is 5.69. The van der Waals surface area contributed by atoms with Gasteiger partial charge in [0, 0.05) is 18.2 Å². The van der Waals surface area contributed by atoms with Gasteiger partial charge in [-0.2, -0.15) is 0 Å². The number of aromatic carboxylic acids is 1. The van der Waals surface area contributed by atoms with Gasteiger partial charge in [-0.25, -0.2) is 4.79 Å². The SMILES string of the molecule is CC(C)Oc1cc(OCc2ccccc2)cc2oc(C(=O)O)cc12. The van der Waals surface area contributed by atoms with Crippen molar-refractivity contribution in [3.8, 4) is 11.5 Å². The summed E-state index contributed by atoms with van der Waals surface area (Å²) in [4.78, 5) is 11.1. The predicted molar refractivity (Wildman–Crippen MR) is 89.7 cm³/mol. The van der Waals surface area contributed by atoms with Gasteiger partial charge in [0.05, 0.1) is 11.5 Å². The Morgan fingerprint density at radius 3 is 2.58 bits per heavy atom. The highest BCUT2D eigenvalue weighted by Gasteiger charge is 2.16. The zero-order chi connectivity index (χ0) is 17.1. The third-order valence-corrected chi connectivity index (χ3v) is 3.39. The van der Waals surface area contributed by atoms with Crippen LogP contribution in [0.1, 0.15) is 30.0 Å². The van der Waals surface area contributed by atoms with E-state index in [2.05, 4.69) is 0 Å². The molecule has 5 heteroatoms. The molecule has 124 valence electrons. The molecular weight excluding hydrogens is 308 g/mol. The van der Waals surface area contributed by atoms with Gasteiger partial charge in [0.1, 0.15) is 23.7 Å². The number of fused-ring (bicyclic) bond motifs is 1. The molecule has 0 unspecified atom stereocenters. The number of rotatable bonds is 6. The van der Waals surface area contributed by atoms with Crippen molar-refractivity contribution < 1.29 is 23.8 Å². The maximum atomic E-state index is 11.1. The summed E-state index contributed by atoms with van der Waals surface area (Å²) in [7, 11) is 0. The second-order valence-corrected chi connectivity index (χ2v) is 5.69. The van der Waals surface area contributed by atoms with Crippen LogP contribution in [0.15, 0.2) is 52.9 Å². The first-order chi connectivity index (χ1) is 11.5. The molecule has 2 aromatic carbocycles. The maximum Gasteiger partial charge on any atom is 0.371 e. The third-order valence-electron chi connectivity index (χ3n) is 3.39. The van der Waals surface area contributed by atoms with Crippen molar-refractivity contribution in [2.75, 3.05) is 0 Å². The molecule has 0 aliphatic rings. The molecule has 0 saturated carbocycles. The molecule has 0 bridgehead atoms. The Hall–Kier alpha value is -2.95. The van der Waals surface area contributed by atoms with Crippen LogP contribution in [0.4, 0.5) is 0 Å². The van der Waals surface area contributed by atoms with Crippen LogP contribution in [0, 0.1) is 0 Å². The van der Waals surface area contributed by atoms with Crippen LogP contribution in [0.3, 0.4) is 0 Å². The van der Waals surface area contributed by atoms with Crippen molar-refractivity contribution in [1.82, 2.24) is 0 Å². The Morgan fingerprint density at radius 2 is 1.92 bits per heavy atom. The second kappa shape index (κ2) is 6.66. The van der Waals surface area contributed by atoms with E-state index in [0.717, 1.165) is 5.56 Å². The number of hydrogen-bond donors (Lipinski definition) is 1. The summed E-state index contributed by atoms with van der Waals surface area (Å²) >= 11 is 0. The van der Waals surface area contributed by atoms with Gasteiger partial charge in [-0.1, -0.05) is 30.3 Å². The summed E-state index contributed by atoms with van der Waals surface area (Å²) in [5, 5.41) is 9.73. The van der Waals surface area contributed by atoms with Crippen LogP contribution >= 0.6 is 0 Å². The summed E-state index contributed by atoms with van der Waals surface area (Å²) in [5.74, 6) is -0.137. The molecule has 1 aromatic heterocycles.